The molecule has 1 aromatic carbocycles. The van der Waals surface area contributed by atoms with E-state index in [4.69, 9.17) is 0 Å². The predicted molar refractivity (Wildman–Crippen MR) is 85.0 cm³/mol. The molecule has 0 bridgehead atoms. The Morgan fingerprint density at radius 2 is 2.00 bits per heavy atom. The molecule has 20 heavy (non-hydrogen) atoms. The van der Waals surface area contributed by atoms with Crippen molar-refractivity contribution in [1.82, 2.24) is 0 Å². The van der Waals surface area contributed by atoms with Gasteiger partial charge in [-0.2, -0.15) is 0 Å². The van der Waals surface area contributed by atoms with Crippen molar-refractivity contribution in [3.8, 4) is 0 Å². The van der Waals surface area contributed by atoms with Crippen molar-refractivity contribution in [2.75, 3.05) is 10.6 Å². The number of rotatable bonds is 4. The maximum atomic E-state index is 11.7. The summed E-state index contributed by atoms with van der Waals surface area (Å²) < 4.78 is 0. The van der Waals surface area contributed by atoms with Gasteiger partial charge < -0.3 is 10.6 Å². The number of amides is 1. The highest BCUT2D eigenvalue weighted by Gasteiger charge is 2.30. The Bertz CT molecular complexity index is 480. The Labute approximate surface area is 122 Å². The maximum Gasteiger partial charge on any atom is 0.226 e. The summed E-state index contributed by atoms with van der Waals surface area (Å²) in [6.45, 7) is 8.46. The number of anilines is 2. The second kappa shape index (κ2) is 5.86. The third-order valence-corrected chi connectivity index (χ3v) is 3.99. The Balaban J connectivity index is 1.98. The van der Waals surface area contributed by atoms with E-state index in [0.29, 0.717) is 11.5 Å². The third-order valence-electron chi connectivity index (χ3n) is 3.99. The quantitative estimate of drug-likeness (QED) is 0.860. The molecule has 0 spiro atoms. The van der Waals surface area contributed by atoms with E-state index in [1.807, 2.05) is 32.0 Å². The number of carbonyl (C=O) groups is 1. The molecular weight excluding hydrogens is 248 g/mol. The molecule has 1 unspecified atom stereocenters. The Hall–Kier alpha value is -1.51. The summed E-state index contributed by atoms with van der Waals surface area (Å²) in [6.07, 6.45) is 3.69. The van der Waals surface area contributed by atoms with Gasteiger partial charge in [0.1, 0.15) is 0 Å². The van der Waals surface area contributed by atoms with Crippen LogP contribution in [0.1, 0.15) is 47.0 Å². The molecule has 1 fully saturated rings. The van der Waals surface area contributed by atoms with E-state index in [1.165, 1.54) is 19.3 Å². The van der Waals surface area contributed by atoms with Gasteiger partial charge in [-0.05, 0) is 42.9 Å². The molecule has 3 nitrogen and oxygen atoms in total. The summed E-state index contributed by atoms with van der Waals surface area (Å²) >= 11 is 0. The van der Waals surface area contributed by atoms with Gasteiger partial charge in [-0.15, -0.1) is 0 Å². The zero-order valence-corrected chi connectivity index (χ0v) is 13.0. The summed E-state index contributed by atoms with van der Waals surface area (Å²) in [5, 5.41) is 6.53. The van der Waals surface area contributed by atoms with Gasteiger partial charge in [-0.3, -0.25) is 4.79 Å². The van der Waals surface area contributed by atoms with Crippen molar-refractivity contribution in [1.29, 1.82) is 0 Å². The molecule has 110 valence electrons. The van der Waals surface area contributed by atoms with Crippen molar-refractivity contribution in [2.24, 2.45) is 11.3 Å². The van der Waals surface area contributed by atoms with E-state index in [-0.39, 0.29) is 11.8 Å². The summed E-state index contributed by atoms with van der Waals surface area (Å²) in [7, 11) is 0. The number of nitrogens with one attached hydrogen (secondary N) is 2. The molecule has 1 aliphatic rings. The normalized spacial score (nSPS) is 20.9. The van der Waals surface area contributed by atoms with Gasteiger partial charge >= 0.3 is 0 Å². The van der Waals surface area contributed by atoms with Crippen molar-refractivity contribution in [3.05, 3.63) is 24.3 Å². The molecule has 0 radical (unpaired) electrons. The molecule has 1 atom stereocenters. The van der Waals surface area contributed by atoms with E-state index in [0.717, 1.165) is 11.4 Å². The second-order valence-electron chi connectivity index (χ2n) is 6.97. The zero-order valence-electron chi connectivity index (χ0n) is 13.0. The lowest BCUT2D eigenvalue weighted by Gasteiger charge is -2.19. The van der Waals surface area contributed by atoms with E-state index >= 15 is 0 Å². The van der Waals surface area contributed by atoms with Crippen LogP contribution in [0.2, 0.25) is 0 Å². The molecule has 1 saturated carbocycles. The van der Waals surface area contributed by atoms with Crippen LogP contribution in [0, 0.1) is 11.3 Å². The van der Waals surface area contributed by atoms with E-state index in [2.05, 4.69) is 30.5 Å². The fourth-order valence-electron chi connectivity index (χ4n) is 2.77. The minimum Gasteiger partial charge on any atom is -0.382 e. The van der Waals surface area contributed by atoms with Gasteiger partial charge in [0.2, 0.25) is 5.91 Å². The van der Waals surface area contributed by atoms with Gasteiger partial charge in [0.15, 0.2) is 0 Å². The van der Waals surface area contributed by atoms with Crippen LogP contribution in [0.25, 0.3) is 0 Å². The molecule has 0 aliphatic heterocycles. The number of carbonyl (C=O) groups excluding carboxylic acids is 1. The molecule has 3 heteroatoms. The zero-order chi connectivity index (χ0) is 14.8. The molecular formula is C17H26N2O. The van der Waals surface area contributed by atoms with E-state index in [1.54, 1.807) is 0 Å². The first-order valence-corrected chi connectivity index (χ1v) is 7.53. The largest absolute Gasteiger partial charge is 0.382 e. The van der Waals surface area contributed by atoms with Gasteiger partial charge in [0, 0.05) is 23.3 Å². The minimum atomic E-state index is 0.00208. The van der Waals surface area contributed by atoms with Gasteiger partial charge in [0.05, 0.1) is 0 Å². The average Bonchev–Trinajstić information content (AvgIpc) is 2.69. The standard InChI is InChI=1S/C17H26N2O/c1-12(2)16(20)19-14-7-5-6-13(10-14)18-15-8-9-17(3,4)11-15/h5-7,10,12,15,18H,8-9,11H2,1-4H3,(H,19,20). The van der Waals surface area contributed by atoms with E-state index < -0.39 is 0 Å². The van der Waals surface area contributed by atoms with Crippen LogP contribution >= 0.6 is 0 Å². The summed E-state index contributed by atoms with van der Waals surface area (Å²) in [5.74, 6) is 0.0615. The van der Waals surface area contributed by atoms with Crippen molar-refractivity contribution < 1.29 is 4.79 Å². The summed E-state index contributed by atoms with van der Waals surface area (Å²) in [5.41, 5.74) is 2.40. The molecule has 0 heterocycles. The third kappa shape index (κ3) is 3.99. The minimum absolute atomic E-state index is 0.00208. The van der Waals surface area contributed by atoms with Gasteiger partial charge in [-0.1, -0.05) is 33.8 Å². The fourth-order valence-corrected chi connectivity index (χ4v) is 2.77. The lowest BCUT2D eigenvalue weighted by molar-refractivity contribution is -0.118. The molecule has 1 aromatic rings. The van der Waals surface area contributed by atoms with Crippen LogP contribution in [0.15, 0.2) is 24.3 Å². The fraction of sp³-hybridized carbons (Fsp3) is 0.588. The van der Waals surface area contributed by atoms with Crippen LogP contribution in [-0.4, -0.2) is 11.9 Å². The molecule has 2 rings (SSSR count). The lowest BCUT2D eigenvalue weighted by Crippen LogP contribution is -2.19. The monoisotopic (exact) mass is 274 g/mol. The molecule has 2 N–H and O–H groups in total. The van der Waals surface area contributed by atoms with Crippen LogP contribution < -0.4 is 10.6 Å². The topological polar surface area (TPSA) is 41.1 Å². The first kappa shape index (κ1) is 14.9. The van der Waals surface area contributed by atoms with Crippen molar-refractivity contribution in [2.45, 2.75) is 53.0 Å². The number of hydrogen-bond acceptors (Lipinski definition) is 2. The summed E-state index contributed by atoms with van der Waals surface area (Å²) in [4.78, 5) is 11.7. The predicted octanol–water partition coefficient (Wildman–Crippen LogP) is 4.27. The smallest absolute Gasteiger partial charge is 0.226 e. The van der Waals surface area contributed by atoms with Crippen LogP contribution in [0.3, 0.4) is 0 Å². The number of hydrogen-bond donors (Lipinski definition) is 2. The molecule has 0 saturated heterocycles. The maximum absolute atomic E-state index is 11.7. The Morgan fingerprint density at radius 1 is 1.30 bits per heavy atom. The highest BCUT2D eigenvalue weighted by Crippen LogP contribution is 2.38. The molecule has 1 aliphatic carbocycles. The first-order chi connectivity index (χ1) is 9.35. The SMILES string of the molecule is CC(C)C(=O)Nc1cccc(NC2CCC(C)(C)C2)c1. The van der Waals surface area contributed by atoms with Gasteiger partial charge in [-0.25, -0.2) is 0 Å². The van der Waals surface area contributed by atoms with Gasteiger partial charge in [0.25, 0.3) is 0 Å². The van der Waals surface area contributed by atoms with Crippen LogP contribution in [0.5, 0.6) is 0 Å². The second-order valence-corrected chi connectivity index (χ2v) is 6.97. The lowest BCUT2D eigenvalue weighted by atomic mass is 9.92. The first-order valence-electron chi connectivity index (χ1n) is 7.53. The molecule has 1 amide bonds. The average molecular weight is 274 g/mol. The summed E-state index contributed by atoms with van der Waals surface area (Å²) in [6, 6.07) is 8.55. The van der Waals surface area contributed by atoms with Crippen LogP contribution in [0.4, 0.5) is 11.4 Å². The van der Waals surface area contributed by atoms with Crippen molar-refractivity contribution in [3.63, 3.8) is 0 Å². The Morgan fingerprint density at radius 3 is 2.60 bits per heavy atom. The van der Waals surface area contributed by atoms with Crippen molar-refractivity contribution >= 4 is 17.3 Å². The molecule has 0 aromatic heterocycles. The highest BCUT2D eigenvalue weighted by molar-refractivity contribution is 5.92. The van der Waals surface area contributed by atoms with Crippen LogP contribution in [-0.2, 0) is 4.79 Å². The highest BCUT2D eigenvalue weighted by atomic mass is 16.1. The number of benzene rings is 1. The Kier molecular flexibility index (Phi) is 4.36. The van der Waals surface area contributed by atoms with E-state index in [9.17, 15) is 4.79 Å².